The van der Waals surface area contributed by atoms with Crippen molar-refractivity contribution in [3.8, 4) is 16.9 Å². The fraction of sp³-hybridized carbons (Fsp3) is 0. The van der Waals surface area contributed by atoms with Crippen molar-refractivity contribution in [1.82, 2.24) is 9.78 Å². The van der Waals surface area contributed by atoms with E-state index in [9.17, 15) is 9.90 Å². The Labute approximate surface area is 156 Å². The number of aromatic nitrogens is 2. The second-order valence-corrected chi connectivity index (χ2v) is 7.13. The van der Waals surface area contributed by atoms with Gasteiger partial charge in [0.15, 0.2) is 0 Å². The summed E-state index contributed by atoms with van der Waals surface area (Å²) < 4.78 is 1.70. The Bertz CT molecular complexity index is 1090. The molecule has 0 N–H and O–H groups in total. The van der Waals surface area contributed by atoms with E-state index in [0.717, 1.165) is 22.6 Å². The van der Waals surface area contributed by atoms with E-state index in [1.54, 1.807) is 16.8 Å². The maximum Gasteiger partial charge on any atom is 0.129 e. The molecule has 0 aliphatic heterocycles. The van der Waals surface area contributed by atoms with Gasteiger partial charge in [-0.15, -0.1) is 11.3 Å². The van der Waals surface area contributed by atoms with Gasteiger partial charge in [0.2, 0.25) is 0 Å². The first-order chi connectivity index (χ1) is 12.1. The highest BCUT2D eigenvalue weighted by Gasteiger charge is 2.22. The van der Waals surface area contributed by atoms with Crippen LogP contribution in [0.1, 0.15) is 9.67 Å². The lowest BCUT2D eigenvalue weighted by molar-refractivity contribution is -0.254. The number of carboxylic acids is 1. The van der Waals surface area contributed by atoms with Crippen LogP contribution in [-0.2, 0) is 0 Å². The zero-order valence-electron chi connectivity index (χ0n) is 12.6. The molecule has 2 heterocycles. The number of nitrogens with zero attached hydrogens (tertiary/aromatic N) is 2. The summed E-state index contributed by atoms with van der Waals surface area (Å²) in [4.78, 5) is 12.0. The zero-order chi connectivity index (χ0) is 17.6. The van der Waals surface area contributed by atoms with E-state index in [-0.39, 0.29) is 9.90 Å². The molecule has 0 aliphatic rings. The molecule has 0 bridgehead atoms. The number of aromatic carboxylic acids is 1. The van der Waals surface area contributed by atoms with E-state index < -0.39 is 5.97 Å². The molecule has 124 valence electrons. The highest BCUT2D eigenvalue weighted by molar-refractivity contribution is 7.21. The second kappa shape index (κ2) is 6.19. The normalized spacial score (nSPS) is 11.1. The molecule has 0 aliphatic carbocycles. The molecule has 0 radical (unpaired) electrons. The van der Waals surface area contributed by atoms with Crippen LogP contribution in [0.5, 0.6) is 0 Å². The first kappa shape index (κ1) is 16.1. The van der Waals surface area contributed by atoms with Gasteiger partial charge < -0.3 is 9.90 Å². The molecule has 0 unspecified atom stereocenters. The van der Waals surface area contributed by atoms with E-state index >= 15 is 0 Å². The Morgan fingerprint density at radius 2 is 1.72 bits per heavy atom. The van der Waals surface area contributed by atoms with Crippen molar-refractivity contribution < 1.29 is 9.90 Å². The van der Waals surface area contributed by atoms with Gasteiger partial charge in [0.1, 0.15) is 10.5 Å². The molecule has 0 saturated carbocycles. The molecule has 0 fully saturated rings. The molecule has 0 spiro atoms. The Morgan fingerprint density at radius 3 is 2.36 bits per heavy atom. The number of rotatable bonds is 3. The van der Waals surface area contributed by atoms with E-state index in [1.807, 2.05) is 42.5 Å². The van der Waals surface area contributed by atoms with Gasteiger partial charge in [0.05, 0.1) is 26.9 Å². The van der Waals surface area contributed by atoms with E-state index in [1.165, 1.54) is 0 Å². The number of carbonyl (C=O) groups excluding carboxylic acids is 1. The molecule has 4 aromatic rings. The third kappa shape index (κ3) is 2.70. The molecule has 2 aromatic carbocycles. The van der Waals surface area contributed by atoms with Crippen LogP contribution in [0.15, 0.2) is 54.6 Å². The molecule has 4 nitrogen and oxygen atoms in total. The number of hydrogen-bond acceptors (Lipinski definition) is 4. The van der Waals surface area contributed by atoms with Crippen molar-refractivity contribution >= 4 is 50.7 Å². The van der Waals surface area contributed by atoms with Gasteiger partial charge in [-0.1, -0.05) is 53.5 Å². The maximum atomic E-state index is 11.4. The summed E-state index contributed by atoms with van der Waals surface area (Å²) in [5.74, 6) is -1.30. The highest BCUT2D eigenvalue weighted by atomic mass is 35.5. The molecular weight excluding hydrogens is 379 g/mol. The van der Waals surface area contributed by atoms with Crippen molar-refractivity contribution in [3.63, 3.8) is 0 Å². The average Bonchev–Trinajstić information content (AvgIpc) is 3.15. The number of para-hydroxylation sites is 1. The molecule has 0 atom stereocenters. The summed E-state index contributed by atoms with van der Waals surface area (Å²) >= 11 is 13.4. The van der Waals surface area contributed by atoms with Gasteiger partial charge in [0.25, 0.3) is 0 Å². The van der Waals surface area contributed by atoms with Crippen LogP contribution in [-0.4, -0.2) is 15.7 Å². The molecule has 0 saturated heterocycles. The molecule has 4 rings (SSSR count). The smallest absolute Gasteiger partial charge is 0.129 e. The van der Waals surface area contributed by atoms with Crippen molar-refractivity contribution in [3.05, 3.63) is 69.5 Å². The number of halogens is 2. The third-order valence-electron chi connectivity index (χ3n) is 3.76. The van der Waals surface area contributed by atoms with Crippen molar-refractivity contribution in [2.75, 3.05) is 0 Å². The first-order valence-electron chi connectivity index (χ1n) is 7.30. The second-order valence-electron chi connectivity index (χ2n) is 5.32. The van der Waals surface area contributed by atoms with Crippen LogP contribution in [0.4, 0.5) is 0 Å². The topological polar surface area (TPSA) is 57.9 Å². The Morgan fingerprint density at radius 1 is 1.04 bits per heavy atom. The number of carbonyl (C=O) groups is 1. The third-order valence-corrected chi connectivity index (χ3v) is 5.65. The van der Waals surface area contributed by atoms with E-state index in [0.29, 0.717) is 20.9 Å². The van der Waals surface area contributed by atoms with Crippen molar-refractivity contribution in [1.29, 1.82) is 0 Å². The minimum Gasteiger partial charge on any atom is -0.544 e. The number of hydrogen-bond donors (Lipinski definition) is 0. The zero-order valence-corrected chi connectivity index (χ0v) is 14.9. The lowest BCUT2D eigenvalue weighted by atomic mass is 10.1. The quantitative estimate of drug-likeness (QED) is 0.522. The van der Waals surface area contributed by atoms with Crippen LogP contribution >= 0.6 is 34.5 Å². The molecule has 2 aromatic heterocycles. The summed E-state index contributed by atoms with van der Waals surface area (Å²) in [5, 5.41) is 17.4. The van der Waals surface area contributed by atoms with Crippen LogP contribution in [0.2, 0.25) is 10.0 Å². The molecule has 0 amide bonds. The van der Waals surface area contributed by atoms with Gasteiger partial charge in [-0.2, -0.15) is 5.10 Å². The number of thiophene rings is 1. The number of benzene rings is 2. The van der Waals surface area contributed by atoms with Gasteiger partial charge >= 0.3 is 0 Å². The first-order valence-corrected chi connectivity index (χ1v) is 8.87. The molecular formula is C18H9Cl2N2O2S-. The maximum absolute atomic E-state index is 11.4. The Balaban J connectivity index is 2.05. The number of fused-ring (bicyclic) bond motifs is 1. The fourth-order valence-electron chi connectivity index (χ4n) is 2.64. The summed E-state index contributed by atoms with van der Waals surface area (Å²) in [6.07, 6.45) is 0. The van der Waals surface area contributed by atoms with Crippen LogP contribution in [0, 0.1) is 0 Å². The van der Waals surface area contributed by atoms with Crippen LogP contribution in [0.25, 0.3) is 27.2 Å². The van der Waals surface area contributed by atoms with Crippen molar-refractivity contribution in [2.24, 2.45) is 0 Å². The standard InChI is InChI=1S/C18H10Cl2N2O2S/c19-11-8-6-10(7-9-11)15-13-14(20)16(18(23)24)25-17(13)22(21-15)12-4-2-1-3-5-12/h1-9H,(H,23,24)/p-1. The van der Waals surface area contributed by atoms with Crippen LogP contribution < -0.4 is 5.11 Å². The highest BCUT2D eigenvalue weighted by Crippen LogP contribution is 2.42. The minimum atomic E-state index is -1.30. The van der Waals surface area contributed by atoms with E-state index in [2.05, 4.69) is 5.10 Å². The van der Waals surface area contributed by atoms with E-state index in [4.69, 9.17) is 23.2 Å². The summed E-state index contributed by atoms with van der Waals surface area (Å²) in [6.45, 7) is 0. The van der Waals surface area contributed by atoms with Crippen LogP contribution in [0.3, 0.4) is 0 Å². The van der Waals surface area contributed by atoms with Gasteiger partial charge in [-0.05, 0) is 24.3 Å². The molecule has 25 heavy (non-hydrogen) atoms. The van der Waals surface area contributed by atoms with Gasteiger partial charge in [-0.25, -0.2) is 4.68 Å². The predicted octanol–water partition coefficient (Wildman–Crippen LogP) is 4.42. The largest absolute Gasteiger partial charge is 0.544 e. The Hall–Kier alpha value is -2.34. The predicted molar refractivity (Wildman–Crippen MR) is 98.7 cm³/mol. The fourth-order valence-corrected chi connectivity index (χ4v) is 4.19. The number of carboxylic acid groups (broad SMARTS) is 1. The summed E-state index contributed by atoms with van der Waals surface area (Å²) in [5.41, 5.74) is 2.22. The summed E-state index contributed by atoms with van der Waals surface area (Å²) in [6, 6.07) is 16.6. The van der Waals surface area contributed by atoms with Crippen molar-refractivity contribution in [2.45, 2.75) is 0 Å². The average molecular weight is 388 g/mol. The van der Waals surface area contributed by atoms with Gasteiger partial charge in [0, 0.05) is 10.6 Å². The minimum absolute atomic E-state index is 0.00559. The molecule has 7 heteroatoms. The summed E-state index contributed by atoms with van der Waals surface area (Å²) in [7, 11) is 0. The monoisotopic (exact) mass is 387 g/mol. The van der Waals surface area contributed by atoms with Gasteiger partial charge in [-0.3, -0.25) is 0 Å². The SMILES string of the molecule is O=C([O-])c1sc2c(c(-c3ccc(Cl)cc3)nn2-c2ccccc2)c1Cl. The Kier molecular flexibility index (Phi) is 4.00. The lowest BCUT2D eigenvalue weighted by Gasteiger charge is -2.03. The lowest BCUT2D eigenvalue weighted by Crippen LogP contribution is -2.21.